The average Bonchev–Trinajstić information content (AvgIpc) is 3.37. The van der Waals surface area contributed by atoms with Gasteiger partial charge in [0, 0.05) is 23.7 Å². The second-order valence-electron chi connectivity index (χ2n) is 8.04. The standard InChI is InChI=1S/C24H26ClN3O3S/c1-15-7-3-4-10-19(15)27-24-28(14-17-8-6-12-31-17)23(30)21(32-24)13-22(29)26-20-11-5-9-18(25)16(20)2/h3-5,7,9-11,17,21H,6,8,12-14H2,1-2H3,(H,26,29). The van der Waals surface area contributed by atoms with Crippen molar-refractivity contribution in [2.24, 2.45) is 4.99 Å². The number of aliphatic imine (C=N–C) groups is 1. The van der Waals surface area contributed by atoms with E-state index in [0.29, 0.717) is 22.4 Å². The van der Waals surface area contributed by atoms with Crippen LogP contribution < -0.4 is 5.32 Å². The van der Waals surface area contributed by atoms with Gasteiger partial charge in [0.25, 0.3) is 0 Å². The van der Waals surface area contributed by atoms with Gasteiger partial charge in [-0.15, -0.1) is 0 Å². The summed E-state index contributed by atoms with van der Waals surface area (Å²) in [5, 5.41) is 3.57. The molecule has 2 aliphatic heterocycles. The van der Waals surface area contributed by atoms with Crippen LogP contribution in [0.5, 0.6) is 0 Å². The monoisotopic (exact) mass is 471 g/mol. The number of anilines is 1. The van der Waals surface area contributed by atoms with Crippen LogP contribution in [-0.4, -0.2) is 46.4 Å². The van der Waals surface area contributed by atoms with E-state index in [9.17, 15) is 9.59 Å². The molecule has 2 unspecified atom stereocenters. The summed E-state index contributed by atoms with van der Waals surface area (Å²) in [5.74, 6) is -0.328. The van der Waals surface area contributed by atoms with Crippen molar-refractivity contribution in [2.45, 2.75) is 44.5 Å². The largest absolute Gasteiger partial charge is 0.376 e. The quantitative estimate of drug-likeness (QED) is 0.636. The number of nitrogens with zero attached hydrogens (tertiary/aromatic N) is 2. The molecular weight excluding hydrogens is 446 g/mol. The van der Waals surface area contributed by atoms with Gasteiger partial charge in [-0.3, -0.25) is 14.5 Å². The zero-order valence-electron chi connectivity index (χ0n) is 18.1. The summed E-state index contributed by atoms with van der Waals surface area (Å²) in [7, 11) is 0. The number of amides is 2. The SMILES string of the molecule is Cc1ccccc1N=C1SC(CC(=O)Nc2cccc(Cl)c2C)C(=O)N1CC1CCCO1. The Hall–Kier alpha value is -2.35. The minimum Gasteiger partial charge on any atom is -0.376 e. The summed E-state index contributed by atoms with van der Waals surface area (Å²) in [6.07, 6.45) is 1.98. The van der Waals surface area contributed by atoms with Crippen LogP contribution in [0, 0.1) is 13.8 Å². The zero-order chi connectivity index (χ0) is 22.7. The Labute approximate surface area is 197 Å². The van der Waals surface area contributed by atoms with Crippen LogP contribution in [0.25, 0.3) is 0 Å². The molecule has 0 aliphatic carbocycles. The van der Waals surface area contributed by atoms with E-state index in [2.05, 4.69) is 5.32 Å². The molecule has 4 rings (SSSR count). The fraction of sp³-hybridized carbons (Fsp3) is 0.375. The van der Waals surface area contributed by atoms with Crippen molar-refractivity contribution >= 4 is 51.7 Å². The zero-order valence-corrected chi connectivity index (χ0v) is 19.7. The number of hydrogen-bond donors (Lipinski definition) is 1. The van der Waals surface area contributed by atoms with Crippen LogP contribution in [0.2, 0.25) is 5.02 Å². The number of benzene rings is 2. The van der Waals surface area contributed by atoms with Crippen molar-refractivity contribution in [3.63, 3.8) is 0 Å². The van der Waals surface area contributed by atoms with Gasteiger partial charge in [-0.2, -0.15) is 0 Å². The smallest absolute Gasteiger partial charge is 0.242 e. The minimum atomic E-state index is -0.529. The molecule has 168 valence electrons. The van der Waals surface area contributed by atoms with E-state index in [4.69, 9.17) is 21.3 Å². The first-order valence-electron chi connectivity index (χ1n) is 10.7. The van der Waals surface area contributed by atoms with Gasteiger partial charge in [-0.05, 0) is 56.0 Å². The number of nitrogens with one attached hydrogen (secondary N) is 1. The lowest BCUT2D eigenvalue weighted by atomic mass is 10.2. The van der Waals surface area contributed by atoms with Gasteiger partial charge < -0.3 is 10.1 Å². The Kier molecular flexibility index (Phi) is 7.18. The highest BCUT2D eigenvalue weighted by atomic mass is 35.5. The lowest BCUT2D eigenvalue weighted by Crippen LogP contribution is -2.38. The summed E-state index contributed by atoms with van der Waals surface area (Å²) >= 11 is 7.50. The number of ether oxygens (including phenoxy) is 1. The summed E-state index contributed by atoms with van der Waals surface area (Å²) in [4.78, 5) is 32.5. The third-order valence-corrected chi connectivity index (χ3v) is 7.26. The molecule has 1 N–H and O–H groups in total. The lowest BCUT2D eigenvalue weighted by Gasteiger charge is -2.20. The molecule has 0 saturated carbocycles. The molecule has 0 bridgehead atoms. The number of halogens is 1. The number of para-hydroxylation sites is 1. The van der Waals surface area contributed by atoms with Gasteiger partial charge in [0.1, 0.15) is 5.25 Å². The molecule has 32 heavy (non-hydrogen) atoms. The number of aryl methyl sites for hydroxylation is 1. The summed E-state index contributed by atoms with van der Waals surface area (Å²) in [6.45, 7) is 5.02. The highest BCUT2D eigenvalue weighted by Crippen LogP contribution is 2.34. The Balaban J connectivity index is 1.52. The number of carbonyl (C=O) groups is 2. The molecule has 0 spiro atoms. The summed E-state index contributed by atoms with van der Waals surface area (Å²) in [5.41, 5.74) is 3.31. The van der Waals surface area contributed by atoms with Crippen LogP contribution >= 0.6 is 23.4 Å². The topological polar surface area (TPSA) is 71.0 Å². The molecule has 8 heteroatoms. The molecule has 0 aromatic heterocycles. The van der Waals surface area contributed by atoms with E-state index in [1.807, 2.05) is 38.1 Å². The van der Waals surface area contributed by atoms with Gasteiger partial charge in [0.2, 0.25) is 11.8 Å². The predicted octanol–water partition coefficient (Wildman–Crippen LogP) is 5.10. The molecule has 2 saturated heterocycles. The first-order chi connectivity index (χ1) is 15.4. The van der Waals surface area contributed by atoms with Crippen LogP contribution in [0.4, 0.5) is 11.4 Å². The van der Waals surface area contributed by atoms with Crippen LogP contribution in [0.3, 0.4) is 0 Å². The van der Waals surface area contributed by atoms with E-state index in [-0.39, 0.29) is 24.3 Å². The summed E-state index contributed by atoms with van der Waals surface area (Å²) in [6, 6.07) is 13.2. The maximum atomic E-state index is 13.3. The highest BCUT2D eigenvalue weighted by molar-refractivity contribution is 8.15. The average molecular weight is 472 g/mol. The number of hydrogen-bond acceptors (Lipinski definition) is 5. The first-order valence-corrected chi connectivity index (χ1v) is 12.0. The second kappa shape index (κ2) is 10.1. The third-order valence-electron chi connectivity index (χ3n) is 5.67. The van der Waals surface area contributed by atoms with Crippen molar-refractivity contribution in [3.8, 4) is 0 Å². The van der Waals surface area contributed by atoms with Gasteiger partial charge >= 0.3 is 0 Å². The Morgan fingerprint density at radius 2 is 2.06 bits per heavy atom. The van der Waals surface area contributed by atoms with Crippen molar-refractivity contribution < 1.29 is 14.3 Å². The molecule has 2 heterocycles. The molecule has 6 nitrogen and oxygen atoms in total. The van der Waals surface area contributed by atoms with E-state index >= 15 is 0 Å². The minimum absolute atomic E-state index is 0.00306. The van der Waals surface area contributed by atoms with Crippen molar-refractivity contribution in [3.05, 3.63) is 58.6 Å². The second-order valence-corrected chi connectivity index (χ2v) is 9.61. The van der Waals surface area contributed by atoms with Crippen LogP contribution in [0.15, 0.2) is 47.5 Å². The molecule has 2 fully saturated rings. The number of amidine groups is 1. The van der Waals surface area contributed by atoms with Gasteiger partial charge in [0.05, 0.1) is 18.3 Å². The molecule has 2 aliphatic rings. The maximum absolute atomic E-state index is 13.3. The third kappa shape index (κ3) is 5.17. The van der Waals surface area contributed by atoms with Crippen molar-refractivity contribution in [1.82, 2.24) is 4.90 Å². The highest BCUT2D eigenvalue weighted by Gasteiger charge is 2.40. The Morgan fingerprint density at radius 3 is 2.81 bits per heavy atom. The Morgan fingerprint density at radius 1 is 1.25 bits per heavy atom. The fourth-order valence-corrected chi connectivity index (χ4v) is 5.12. The van der Waals surface area contributed by atoms with E-state index in [0.717, 1.165) is 36.3 Å². The maximum Gasteiger partial charge on any atom is 0.242 e. The number of carbonyl (C=O) groups excluding carboxylic acids is 2. The van der Waals surface area contributed by atoms with Gasteiger partial charge in [0.15, 0.2) is 5.17 Å². The lowest BCUT2D eigenvalue weighted by molar-refractivity contribution is -0.129. The predicted molar refractivity (Wildman–Crippen MR) is 130 cm³/mol. The molecule has 2 aromatic rings. The normalized spacial score (nSPS) is 22.0. The number of thioether (sulfide) groups is 1. The Bertz CT molecular complexity index is 1050. The van der Waals surface area contributed by atoms with Gasteiger partial charge in [-0.25, -0.2) is 4.99 Å². The van der Waals surface area contributed by atoms with E-state index in [1.54, 1.807) is 23.1 Å². The molecule has 0 radical (unpaired) electrons. The van der Waals surface area contributed by atoms with Crippen molar-refractivity contribution in [1.29, 1.82) is 0 Å². The molecule has 2 aromatic carbocycles. The molecule has 2 amide bonds. The van der Waals surface area contributed by atoms with Crippen LogP contribution in [0.1, 0.15) is 30.4 Å². The molecule has 2 atom stereocenters. The fourth-order valence-electron chi connectivity index (χ4n) is 3.79. The first kappa shape index (κ1) is 22.8. The number of rotatable bonds is 6. The summed E-state index contributed by atoms with van der Waals surface area (Å²) < 4.78 is 5.76. The van der Waals surface area contributed by atoms with Crippen molar-refractivity contribution in [2.75, 3.05) is 18.5 Å². The molecular formula is C24H26ClN3O3S. The van der Waals surface area contributed by atoms with E-state index < -0.39 is 5.25 Å². The van der Waals surface area contributed by atoms with Gasteiger partial charge in [-0.1, -0.05) is 47.6 Å². The van der Waals surface area contributed by atoms with E-state index in [1.165, 1.54) is 11.8 Å². The van der Waals surface area contributed by atoms with Crippen LogP contribution in [-0.2, 0) is 14.3 Å².